The van der Waals surface area contributed by atoms with Gasteiger partial charge in [0.15, 0.2) is 0 Å². The molecular formula is C15H27NO2. The second-order valence-electron chi connectivity index (χ2n) is 6.75. The van der Waals surface area contributed by atoms with Crippen LogP contribution in [0.4, 0.5) is 0 Å². The first-order valence-electron chi connectivity index (χ1n) is 7.49. The van der Waals surface area contributed by atoms with Gasteiger partial charge in [-0.3, -0.25) is 4.79 Å². The van der Waals surface area contributed by atoms with E-state index in [0.717, 1.165) is 44.9 Å². The lowest BCUT2D eigenvalue weighted by Crippen LogP contribution is -2.47. The number of hydrogen-bond acceptors (Lipinski definition) is 2. The lowest BCUT2D eigenvalue weighted by Gasteiger charge is -2.29. The van der Waals surface area contributed by atoms with E-state index in [1.807, 2.05) is 0 Å². The third-order valence-corrected chi connectivity index (χ3v) is 4.88. The van der Waals surface area contributed by atoms with Gasteiger partial charge in [0.05, 0.1) is 12.1 Å². The Morgan fingerprint density at radius 1 is 1.11 bits per heavy atom. The minimum atomic E-state index is -0.346. The third-order valence-electron chi connectivity index (χ3n) is 4.88. The Morgan fingerprint density at radius 2 is 1.83 bits per heavy atom. The average Bonchev–Trinajstić information content (AvgIpc) is 2.54. The second-order valence-corrected chi connectivity index (χ2v) is 6.75. The van der Waals surface area contributed by atoms with Gasteiger partial charge in [-0.2, -0.15) is 0 Å². The summed E-state index contributed by atoms with van der Waals surface area (Å²) in [7, 11) is 0. The van der Waals surface area contributed by atoms with Gasteiger partial charge >= 0.3 is 0 Å². The standard InChI is InChI=1S/C15H27NO2/c1-15(2)10-6-7-11(15)14(18)16-12-8-4-3-5-9-13(12)17/h11-13,17H,3-10H2,1-2H3,(H,16,18). The Balaban J connectivity index is 1.93. The van der Waals surface area contributed by atoms with Gasteiger partial charge in [0.2, 0.25) is 5.91 Å². The first-order valence-corrected chi connectivity index (χ1v) is 7.49. The molecule has 2 saturated carbocycles. The number of hydrogen-bond donors (Lipinski definition) is 2. The molecule has 0 heterocycles. The van der Waals surface area contributed by atoms with Crippen LogP contribution < -0.4 is 5.32 Å². The number of rotatable bonds is 2. The Hall–Kier alpha value is -0.570. The number of carbonyl (C=O) groups is 1. The second kappa shape index (κ2) is 5.60. The Bertz CT molecular complexity index is 301. The largest absolute Gasteiger partial charge is 0.391 e. The maximum Gasteiger partial charge on any atom is 0.223 e. The van der Waals surface area contributed by atoms with Gasteiger partial charge in [-0.25, -0.2) is 0 Å². The highest BCUT2D eigenvalue weighted by Gasteiger charge is 2.40. The summed E-state index contributed by atoms with van der Waals surface area (Å²) < 4.78 is 0. The predicted octanol–water partition coefficient (Wildman–Crippen LogP) is 2.62. The maximum absolute atomic E-state index is 12.4. The molecular weight excluding hydrogens is 226 g/mol. The third kappa shape index (κ3) is 3.05. The van der Waals surface area contributed by atoms with Crippen molar-refractivity contribution in [2.45, 2.75) is 77.4 Å². The number of carbonyl (C=O) groups excluding carboxylic acids is 1. The average molecular weight is 253 g/mol. The van der Waals surface area contributed by atoms with Crippen LogP contribution in [0.25, 0.3) is 0 Å². The maximum atomic E-state index is 12.4. The minimum Gasteiger partial charge on any atom is -0.391 e. The predicted molar refractivity (Wildman–Crippen MR) is 72.1 cm³/mol. The van der Waals surface area contributed by atoms with E-state index in [1.54, 1.807) is 0 Å². The Labute approximate surface area is 110 Å². The highest BCUT2D eigenvalue weighted by atomic mass is 16.3. The van der Waals surface area contributed by atoms with Crippen LogP contribution in [0, 0.1) is 11.3 Å². The fraction of sp³-hybridized carbons (Fsp3) is 0.933. The molecule has 3 heteroatoms. The van der Waals surface area contributed by atoms with Crippen LogP contribution in [0.5, 0.6) is 0 Å². The monoisotopic (exact) mass is 253 g/mol. The van der Waals surface area contributed by atoms with Gasteiger partial charge in [0, 0.05) is 5.92 Å². The van der Waals surface area contributed by atoms with E-state index in [1.165, 1.54) is 6.42 Å². The quantitative estimate of drug-likeness (QED) is 0.743. The van der Waals surface area contributed by atoms with E-state index >= 15 is 0 Å². The minimum absolute atomic E-state index is 0.0172. The Morgan fingerprint density at radius 3 is 2.50 bits per heavy atom. The molecule has 3 unspecified atom stereocenters. The van der Waals surface area contributed by atoms with Crippen LogP contribution in [0.15, 0.2) is 0 Å². The normalized spacial score (nSPS) is 36.1. The summed E-state index contributed by atoms with van der Waals surface area (Å²) in [6.07, 6.45) is 8.09. The molecule has 18 heavy (non-hydrogen) atoms. The molecule has 2 aliphatic rings. The van der Waals surface area contributed by atoms with E-state index < -0.39 is 0 Å². The van der Waals surface area contributed by atoms with E-state index in [2.05, 4.69) is 19.2 Å². The summed E-state index contributed by atoms with van der Waals surface area (Å²) in [5.74, 6) is 0.302. The van der Waals surface area contributed by atoms with Crippen molar-refractivity contribution in [1.29, 1.82) is 0 Å². The summed E-state index contributed by atoms with van der Waals surface area (Å²) >= 11 is 0. The van der Waals surface area contributed by atoms with Crippen molar-refractivity contribution < 1.29 is 9.90 Å². The molecule has 2 rings (SSSR count). The molecule has 0 saturated heterocycles. The molecule has 2 N–H and O–H groups in total. The van der Waals surface area contributed by atoms with Crippen molar-refractivity contribution in [3.8, 4) is 0 Å². The molecule has 0 aromatic rings. The van der Waals surface area contributed by atoms with Crippen molar-refractivity contribution >= 4 is 5.91 Å². The lowest BCUT2D eigenvalue weighted by atomic mass is 9.81. The smallest absolute Gasteiger partial charge is 0.223 e. The summed E-state index contributed by atoms with van der Waals surface area (Å²) in [5.41, 5.74) is 0.125. The molecule has 3 atom stereocenters. The van der Waals surface area contributed by atoms with E-state index in [9.17, 15) is 9.90 Å². The van der Waals surface area contributed by atoms with Crippen molar-refractivity contribution in [2.75, 3.05) is 0 Å². The topological polar surface area (TPSA) is 49.3 Å². The van der Waals surface area contributed by atoms with Crippen LogP contribution in [0.2, 0.25) is 0 Å². The van der Waals surface area contributed by atoms with Gasteiger partial charge in [-0.15, -0.1) is 0 Å². The summed E-state index contributed by atoms with van der Waals surface area (Å²) in [6, 6.07) is -0.0172. The highest BCUT2D eigenvalue weighted by Crippen LogP contribution is 2.42. The molecule has 0 aromatic carbocycles. The van der Waals surface area contributed by atoms with Crippen molar-refractivity contribution in [1.82, 2.24) is 5.32 Å². The van der Waals surface area contributed by atoms with Crippen LogP contribution >= 0.6 is 0 Å². The van der Waals surface area contributed by atoms with Gasteiger partial charge in [0.1, 0.15) is 0 Å². The molecule has 104 valence electrons. The molecule has 0 spiro atoms. The molecule has 1 amide bonds. The molecule has 2 fully saturated rings. The van der Waals surface area contributed by atoms with Gasteiger partial charge in [-0.1, -0.05) is 39.5 Å². The first-order chi connectivity index (χ1) is 8.50. The van der Waals surface area contributed by atoms with Gasteiger partial charge in [0.25, 0.3) is 0 Å². The zero-order valence-corrected chi connectivity index (χ0v) is 11.7. The van der Waals surface area contributed by atoms with Gasteiger partial charge in [-0.05, 0) is 31.1 Å². The fourth-order valence-corrected chi connectivity index (χ4v) is 3.55. The highest BCUT2D eigenvalue weighted by molar-refractivity contribution is 5.80. The zero-order chi connectivity index (χ0) is 13.2. The summed E-state index contributed by atoms with van der Waals surface area (Å²) in [6.45, 7) is 4.38. The zero-order valence-electron chi connectivity index (χ0n) is 11.7. The lowest BCUT2D eigenvalue weighted by molar-refractivity contribution is -0.129. The molecule has 0 radical (unpaired) electrons. The SMILES string of the molecule is CC1(C)CCCC1C(=O)NC1CCCCCC1O. The van der Waals surface area contributed by atoms with Crippen LogP contribution in [-0.2, 0) is 4.79 Å². The van der Waals surface area contributed by atoms with Crippen LogP contribution in [0.1, 0.15) is 65.2 Å². The molecule has 0 aliphatic heterocycles. The molecule has 3 nitrogen and oxygen atoms in total. The van der Waals surface area contributed by atoms with E-state index in [-0.39, 0.29) is 29.4 Å². The van der Waals surface area contributed by atoms with Crippen molar-refractivity contribution in [2.24, 2.45) is 11.3 Å². The number of amides is 1. The van der Waals surface area contributed by atoms with Gasteiger partial charge < -0.3 is 10.4 Å². The molecule has 0 aromatic heterocycles. The molecule has 0 bridgehead atoms. The van der Waals surface area contributed by atoms with Crippen LogP contribution in [-0.4, -0.2) is 23.2 Å². The summed E-state index contributed by atoms with van der Waals surface area (Å²) in [5, 5.41) is 13.2. The van der Waals surface area contributed by atoms with Crippen molar-refractivity contribution in [3.05, 3.63) is 0 Å². The van der Waals surface area contributed by atoms with E-state index in [4.69, 9.17) is 0 Å². The molecule has 2 aliphatic carbocycles. The summed E-state index contributed by atoms with van der Waals surface area (Å²) in [4.78, 5) is 12.4. The van der Waals surface area contributed by atoms with Crippen molar-refractivity contribution in [3.63, 3.8) is 0 Å². The number of aliphatic hydroxyl groups excluding tert-OH is 1. The number of aliphatic hydroxyl groups is 1. The number of nitrogens with one attached hydrogen (secondary N) is 1. The Kier molecular flexibility index (Phi) is 4.31. The van der Waals surface area contributed by atoms with Crippen LogP contribution in [0.3, 0.4) is 0 Å². The fourth-order valence-electron chi connectivity index (χ4n) is 3.55. The van der Waals surface area contributed by atoms with E-state index in [0.29, 0.717) is 0 Å². The first kappa shape index (κ1) is 13.9.